The average molecular weight is 176 g/mol. The molecule has 1 rings (SSSR count). The Balaban J connectivity index is 2.45. The Morgan fingerprint density at radius 2 is 2.15 bits per heavy atom. The number of ether oxygens (including phenoxy) is 2. The maximum absolute atomic E-state index is 8.39. The topological polar surface area (TPSA) is 66.0 Å². The molecule has 66 valence electrons. The summed E-state index contributed by atoms with van der Waals surface area (Å²) in [5.74, 6) is 0. The third-order valence-electron chi connectivity index (χ3n) is 1.48. The van der Waals surface area contributed by atoms with Crippen molar-refractivity contribution in [2.45, 2.75) is 6.10 Å². The van der Waals surface area contributed by atoms with Crippen molar-refractivity contribution in [3.05, 3.63) is 23.8 Å². The van der Waals surface area contributed by atoms with Gasteiger partial charge in [0.15, 0.2) is 0 Å². The molecule has 0 N–H and O–H groups in total. The quantitative estimate of drug-likeness (QED) is 0.463. The van der Waals surface area contributed by atoms with Crippen molar-refractivity contribution in [1.29, 1.82) is 10.5 Å². The second-order valence-corrected chi connectivity index (χ2v) is 2.38. The summed E-state index contributed by atoms with van der Waals surface area (Å²) in [6.45, 7) is 0.834. The standard InChI is InChI=1S/C9H8N2O2/c10-4-8(5-11)2-1-3-9-6-12-7-13-9/h1-3,9H,6-7H2. The molecule has 0 spiro atoms. The van der Waals surface area contributed by atoms with Crippen LogP contribution in [0.4, 0.5) is 0 Å². The Labute approximate surface area is 76.3 Å². The lowest BCUT2D eigenvalue weighted by atomic mass is 10.2. The van der Waals surface area contributed by atoms with Crippen molar-refractivity contribution in [2.75, 3.05) is 13.4 Å². The molecule has 0 aromatic rings. The van der Waals surface area contributed by atoms with E-state index < -0.39 is 0 Å². The number of rotatable bonds is 2. The van der Waals surface area contributed by atoms with Crippen LogP contribution < -0.4 is 0 Å². The maximum Gasteiger partial charge on any atom is 0.147 e. The van der Waals surface area contributed by atoms with Gasteiger partial charge >= 0.3 is 0 Å². The molecule has 1 unspecified atom stereocenters. The molecule has 0 aromatic carbocycles. The van der Waals surface area contributed by atoms with E-state index in [0.29, 0.717) is 13.4 Å². The van der Waals surface area contributed by atoms with Crippen molar-refractivity contribution < 1.29 is 9.47 Å². The molecule has 1 saturated heterocycles. The van der Waals surface area contributed by atoms with Crippen LogP contribution in [-0.4, -0.2) is 19.5 Å². The first kappa shape index (κ1) is 9.47. The summed E-state index contributed by atoms with van der Waals surface area (Å²) in [6, 6.07) is 3.51. The van der Waals surface area contributed by atoms with Gasteiger partial charge in [0.1, 0.15) is 30.6 Å². The first-order valence-electron chi connectivity index (χ1n) is 3.75. The Kier molecular flexibility index (Phi) is 3.72. The van der Waals surface area contributed by atoms with Crippen LogP contribution in [0.15, 0.2) is 23.8 Å². The molecule has 1 fully saturated rings. The Morgan fingerprint density at radius 1 is 1.38 bits per heavy atom. The summed E-state index contributed by atoms with van der Waals surface area (Å²) < 4.78 is 10.0. The zero-order chi connectivity index (χ0) is 9.52. The average Bonchev–Trinajstić information content (AvgIpc) is 2.65. The van der Waals surface area contributed by atoms with Gasteiger partial charge in [-0.05, 0) is 6.08 Å². The van der Waals surface area contributed by atoms with E-state index in [1.807, 2.05) is 0 Å². The lowest BCUT2D eigenvalue weighted by molar-refractivity contribution is 0.0572. The highest BCUT2D eigenvalue weighted by Gasteiger charge is 2.11. The van der Waals surface area contributed by atoms with E-state index in [2.05, 4.69) is 0 Å². The number of hydrogen-bond acceptors (Lipinski definition) is 4. The minimum Gasteiger partial charge on any atom is -0.352 e. The minimum absolute atomic E-state index is 0.0603. The van der Waals surface area contributed by atoms with Crippen LogP contribution in [0, 0.1) is 22.7 Å². The van der Waals surface area contributed by atoms with Crippen LogP contribution in [0.1, 0.15) is 0 Å². The van der Waals surface area contributed by atoms with E-state index in [0.717, 1.165) is 0 Å². The van der Waals surface area contributed by atoms with Gasteiger partial charge in [0.25, 0.3) is 0 Å². The molecule has 0 bridgehead atoms. The molecule has 13 heavy (non-hydrogen) atoms. The summed E-state index contributed by atoms with van der Waals surface area (Å²) >= 11 is 0. The zero-order valence-corrected chi connectivity index (χ0v) is 6.93. The maximum atomic E-state index is 8.39. The third-order valence-corrected chi connectivity index (χ3v) is 1.48. The van der Waals surface area contributed by atoms with E-state index in [1.165, 1.54) is 6.08 Å². The van der Waals surface area contributed by atoms with Crippen LogP contribution in [-0.2, 0) is 9.47 Å². The van der Waals surface area contributed by atoms with Gasteiger partial charge in [-0.2, -0.15) is 10.5 Å². The molecule has 1 aliphatic heterocycles. The van der Waals surface area contributed by atoms with Crippen molar-refractivity contribution in [1.82, 2.24) is 0 Å². The molecule has 0 aliphatic carbocycles. The van der Waals surface area contributed by atoms with Crippen LogP contribution in [0.25, 0.3) is 0 Å². The van der Waals surface area contributed by atoms with Gasteiger partial charge < -0.3 is 9.47 Å². The largest absolute Gasteiger partial charge is 0.352 e. The number of hydrogen-bond donors (Lipinski definition) is 0. The predicted octanol–water partition coefficient (Wildman–Crippen LogP) is 0.889. The summed E-state index contributed by atoms with van der Waals surface area (Å²) in [7, 11) is 0. The number of nitrogens with zero attached hydrogens (tertiary/aromatic N) is 2. The first-order chi connectivity index (χ1) is 6.36. The van der Waals surface area contributed by atoms with E-state index >= 15 is 0 Å². The Hall–Kier alpha value is -1.62. The predicted molar refractivity (Wildman–Crippen MR) is 44.1 cm³/mol. The van der Waals surface area contributed by atoms with Gasteiger partial charge in [-0.25, -0.2) is 0 Å². The summed E-state index contributed by atoms with van der Waals surface area (Å²) in [4.78, 5) is 0. The van der Waals surface area contributed by atoms with Crippen molar-refractivity contribution in [3.63, 3.8) is 0 Å². The molecular weight excluding hydrogens is 168 g/mol. The molecule has 0 radical (unpaired) electrons. The molecule has 4 heteroatoms. The van der Waals surface area contributed by atoms with E-state index in [-0.39, 0.29) is 11.7 Å². The van der Waals surface area contributed by atoms with Crippen LogP contribution >= 0.6 is 0 Å². The SMILES string of the molecule is N#CC(C#N)=CC=CC1COCO1. The molecule has 1 heterocycles. The van der Waals surface area contributed by atoms with Crippen molar-refractivity contribution >= 4 is 0 Å². The minimum atomic E-state index is -0.0603. The third kappa shape index (κ3) is 3.08. The van der Waals surface area contributed by atoms with Crippen LogP contribution in [0.3, 0.4) is 0 Å². The highest BCUT2D eigenvalue weighted by Crippen LogP contribution is 2.04. The van der Waals surface area contributed by atoms with Crippen LogP contribution in [0.5, 0.6) is 0 Å². The molecule has 1 aliphatic rings. The summed E-state index contributed by atoms with van der Waals surface area (Å²) in [5, 5.41) is 16.8. The van der Waals surface area contributed by atoms with E-state index in [4.69, 9.17) is 20.0 Å². The summed E-state index contributed by atoms with van der Waals surface area (Å²) in [5.41, 5.74) is 0.0789. The highest BCUT2D eigenvalue weighted by atomic mass is 16.7. The number of allylic oxidation sites excluding steroid dienone is 3. The fourth-order valence-corrected chi connectivity index (χ4v) is 0.834. The fraction of sp³-hybridized carbons (Fsp3) is 0.333. The van der Waals surface area contributed by atoms with E-state index in [1.54, 1.807) is 24.3 Å². The second kappa shape index (κ2) is 5.10. The van der Waals surface area contributed by atoms with Crippen molar-refractivity contribution in [2.24, 2.45) is 0 Å². The molecular formula is C9H8N2O2. The monoisotopic (exact) mass is 176 g/mol. The normalized spacial score (nSPS) is 20.9. The Bertz CT molecular complexity index is 285. The summed E-state index contributed by atoms with van der Waals surface area (Å²) in [6.07, 6.45) is 4.76. The van der Waals surface area contributed by atoms with Gasteiger partial charge in [0, 0.05) is 0 Å². The van der Waals surface area contributed by atoms with Gasteiger partial charge in [-0.3, -0.25) is 0 Å². The van der Waals surface area contributed by atoms with Crippen molar-refractivity contribution in [3.8, 4) is 12.1 Å². The molecule has 1 atom stereocenters. The molecule has 4 nitrogen and oxygen atoms in total. The number of nitriles is 2. The van der Waals surface area contributed by atoms with Gasteiger partial charge in [-0.15, -0.1) is 0 Å². The van der Waals surface area contributed by atoms with Gasteiger partial charge in [0.2, 0.25) is 0 Å². The highest BCUT2D eigenvalue weighted by molar-refractivity contribution is 5.37. The zero-order valence-electron chi connectivity index (χ0n) is 6.93. The smallest absolute Gasteiger partial charge is 0.147 e. The second-order valence-electron chi connectivity index (χ2n) is 2.38. The molecule has 0 amide bonds. The van der Waals surface area contributed by atoms with Crippen LogP contribution in [0.2, 0.25) is 0 Å². The molecule has 0 saturated carbocycles. The van der Waals surface area contributed by atoms with Gasteiger partial charge in [0.05, 0.1) is 6.61 Å². The lowest BCUT2D eigenvalue weighted by Gasteiger charge is -1.95. The van der Waals surface area contributed by atoms with Gasteiger partial charge in [-0.1, -0.05) is 12.2 Å². The first-order valence-corrected chi connectivity index (χ1v) is 3.75. The lowest BCUT2D eigenvalue weighted by Crippen LogP contribution is -2.03. The Morgan fingerprint density at radius 3 is 2.69 bits per heavy atom. The molecule has 0 aromatic heterocycles. The van der Waals surface area contributed by atoms with E-state index in [9.17, 15) is 0 Å². The fourth-order valence-electron chi connectivity index (χ4n) is 0.834.